The maximum atomic E-state index is 12.5. The summed E-state index contributed by atoms with van der Waals surface area (Å²) in [6.07, 6.45) is 7.05. The molecule has 118 valence electrons. The monoisotopic (exact) mass is 302 g/mol. The van der Waals surface area contributed by atoms with Gasteiger partial charge in [0.25, 0.3) is 0 Å². The van der Waals surface area contributed by atoms with E-state index in [9.17, 15) is 4.79 Å². The highest BCUT2D eigenvalue weighted by atomic mass is 16.5. The largest absolute Gasteiger partial charge is 0.367 e. The van der Waals surface area contributed by atoms with Crippen molar-refractivity contribution < 1.29 is 9.53 Å². The van der Waals surface area contributed by atoms with Gasteiger partial charge in [0.05, 0.1) is 19.2 Å². The molecule has 1 N–H and O–H groups in total. The number of amides is 1. The molecule has 2 aliphatic heterocycles. The average molecular weight is 302 g/mol. The summed E-state index contributed by atoms with van der Waals surface area (Å²) in [4.78, 5) is 23.6. The number of nitrogens with zero attached hydrogens (tertiary/aromatic N) is 3. The number of rotatable bonds is 2. The van der Waals surface area contributed by atoms with Gasteiger partial charge in [-0.3, -0.25) is 4.79 Å². The second kappa shape index (κ2) is 5.93. The number of aryl methyl sites for hydroxylation is 2. The van der Waals surface area contributed by atoms with Crippen LogP contribution in [0.25, 0.3) is 0 Å². The molecule has 1 aromatic rings. The third kappa shape index (κ3) is 2.61. The minimum atomic E-state index is -0.190. The second-order valence-electron chi connectivity index (χ2n) is 6.35. The van der Waals surface area contributed by atoms with Gasteiger partial charge in [-0.05, 0) is 44.2 Å². The van der Waals surface area contributed by atoms with Crippen LogP contribution < -0.4 is 5.32 Å². The van der Waals surface area contributed by atoms with Crippen molar-refractivity contribution in [1.29, 1.82) is 0 Å². The van der Waals surface area contributed by atoms with Gasteiger partial charge in [-0.2, -0.15) is 0 Å². The molecule has 0 spiro atoms. The van der Waals surface area contributed by atoms with E-state index in [0.29, 0.717) is 19.7 Å². The van der Waals surface area contributed by atoms with Crippen LogP contribution in [-0.2, 0) is 22.4 Å². The number of hydrogen-bond acceptors (Lipinski definition) is 5. The molecule has 2 saturated heterocycles. The minimum Gasteiger partial charge on any atom is -0.367 e. The Morgan fingerprint density at radius 1 is 1.36 bits per heavy atom. The third-order valence-electron chi connectivity index (χ3n) is 4.86. The molecule has 1 aliphatic carbocycles. The van der Waals surface area contributed by atoms with Crippen LogP contribution in [0.2, 0.25) is 0 Å². The molecule has 0 bridgehead atoms. The van der Waals surface area contributed by atoms with Crippen molar-refractivity contribution in [3.63, 3.8) is 0 Å². The quantitative estimate of drug-likeness (QED) is 0.867. The number of carbonyl (C=O) groups is 1. The number of nitrogens with one attached hydrogen (secondary N) is 1. The van der Waals surface area contributed by atoms with Gasteiger partial charge >= 0.3 is 0 Å². The van der Waals surface area contributed by atoms with E-state index in [1.54, 1.807) is 0 Å². The van der Waals surface area contributed by atoms with Crippen molar-refractivity contribution in [1.82, 2.24) is 20.2 Å². The summed E-state index contributed by atoms with van der Waals surface area (Å²) >= 11 is 0. The van der Waals surface area contributed by atoms with E-state index in [4.69, 9.17) is 4.74 Å². The van der Waals surface area contributed by atoms with Crippen LogP contribution in [0.1, 0.15) is 42.4 Å². The van der Waals surface area contributed by atoms with E-state index in [2.05, 4.69) is 15.3 Å². The van der Waals surface area contributed by atoms with E-state index >= 15 is 0 Å². The van der Waals surface area contributed by atoms with E-state index < -0.39 is 0 Å². The Hall–Kier alpha value is -1.53. The summed E-state index contributed by atoms with van der Waals surface area (Å²) in [5, 5.41) is 3.28. The first kappa shape index (κ1) is 14.1. The smallest absolute Gasteiger partial charge is 0.239 e. The number of aromatic nitrogens is 2. The number of hydrogen-bond donors (Lipinski definition) is 1. The van der Waals surface area contributed by atoms with Crippen LogP contribution in [-0.4, -0.2) is 53.1 Å². The van der Waals surface area contributed by atoms with Gasteiger partial charge in [0, 0.05) is 18.4 Å². The zero-order valence-corrected chi connectivity index (χ0v) is 12.8. The van der Waals surface area contributed by atoms with Crippen LogP contribution in [0.15, 0.2) is 6.20 Å². The molecule has 6 heteroatoms. The van der Waals surface area contributed by atoms with Crippen LogP contribution in [0, 0.1) is 0 Å². The Morgan fingerprint density at radius 2 is 2.32 bits per heavy atom. The molecule has 2 unspecified atom stereocenters. The zero-order valence-electron chi connectivity index (χ0n) is 12.8. The maximum Gasteiger partial charge on any atom is 0.239 e. The summed E-state index contributed by atoms with van der Waals surface area (Å²) in [5.41, 5.74) is 2.43. The predicted molar refractivity (Wildman–Crippen MR) is 80.4 cm³/mol. The summed E-state index contributed by atoms with van der Waals surface area (Å²) in [6.45, 7) is 2.73. The topological polar surface area (TPSA) is 67.4 Å². The molecule has 3 heterocycles. The number of ether oxygens (including phenoxy) is 1. The van der Waals surface area contributed by atoms with E-state index in [-0.39, 0.29) is 18.1 Å². The van der Waals surface area contributed by atoms with Crippen molar-refractivity contribution in [2.24, 2.45) is 0 Å². The van der Waals surface area contributed by atoms with Gasteiger partial charge < -0.3 is 15.0 Å². The summed E-state index contributed by atoms with van der Waals surface area (Å²) in [7, 11) is 0. The molecule has 1 amide bonds. The fraction of sp³-hybridized carbons (Fsp3) is 0.688. The van der Waals surface area contributed by atoms with E-state index in [0.717, 1.165) is 50.2 Å². The number of morpholine rings is 1. The summed E-state index contributed by atoms with van der Waals surface area (Å²) in [6, 6.07) is -0.0142. The summed E-state index contributed by atoms with van der Waals surface area (Å²) in [5.74, 6) is 0.935. The van der Waals surface area contributed by atoms with E-state index in [1.807, 2.05) is 11.1 Å². The van der Waals surface area contributed by atoms with Gasteiger partial charge in [0.1, 0.15) is 6.10 Å². The highest BCUT2D eigenvalue weighted by Crippen LogP contribution is 2.24. The molecule has 4 rings (SSSR count). The van der Waals surface area contributed by atoms with Crippen LogP contribution in [0.4, 0.5) is 0 Å². The third-order valence-corrected chi connectivity index (χ3v) is 4.86. The fourth-order valence-corrected chi connectivity index (χ4v) is 3.61. The lowest BCUT2D eigenvalue weighted by atomic mass is 10.1. The van der Waals surface area contributed by atoms with Crippen LogP contribution in [0.3, 0.4) is 0 Å². The molecule has 0 saturated carbocycles. The van der Waals surface area contributed by atoms with Crippen molar-refractivity contribution in [3.05, 3.63) is 23.3 Å². The second-order valence-corrected chi connectivity index (χ2v) is 6.35. The maximum absolute atomic E-state index is 12.5. The Kier molecular flexibility index (Phi) is 3.80. The molecule has 1 aromatic heterocycles. The van der Waals surface area contributed by atoms with Gasteiger partial charge in [-0.1, -0.05) is 0 Å². The molecule has 0 radical (unpaired) electrons. The van der Waals surface area contributed by atoms with Crippen molar-refractivity contribution >= 4 is 5.91 Å². The summed E-state index contributed by atoms with van der Waals surface area (Å²) < 4.78 is 5.83. The molecule has 6 nitrogen and oxygen atoms in total. The van der Waals surface area contributed by atoms with Crippen molar-refractivity contribution in [2.75, 3.05) is 26.2 Å². The first-order valence-electron chi connectivity index (χ1n) is 8.30. The van der Waals surface area contributed by atoms with E-state index in [1.165, 1.54) is 5.56 Å². The molecule has 0 aromatic carbocycles. The molecule has 2 fully saturated rings. The average Bonchev–Trinajstić information content (AvgIpc) is 3.25. The van der Waals surface area contributed by atoms with Gasteiger partial charge in [-0.15, -0.1) is 0 Å². The Labute approximate surface area is 130 Å². The highest BCUT2D eigenvalue weighted by molar-refractivity contribution is 5.82. The number of fused-ring (bicyclic) bond motifs is 1. The molecule has 2 atom stereocenters. The Morgan fingerprint density at radius 3 is 3.18 bits per heavy atom. The Bertz CT molecular complexity index is 571. The van der Waals surface area contributed by atoms with Crippen molar-refractivity contribution in [3.8, 4) is 0 Å². The zero-order chi connectivity index (χ0) is 14.9. The predicted octanol–water partition coefficient (Wildman–Crippen LogP) is 0.617. The van der Waals surface area contributed by atoms with Gasteiger partial charge in [-0.25, -0.2) is 9.97 Å². The fourth-order valence-electron chi connectivity index (χ4n) is 3.61. The first-order valence-corrected chi connectivity index (χ1v) is 8.30. The lowest BCUT2D eigenvalue weighted by Crippen LogP contribution is -2.49. The minimum absolute atomic E-state index is 0.0142. The molecule has 3 aliphatic rings. The normalized spacial score (nSPS) is 27.9. The number of carbonyl (C=O) groups excluding carboxylic acids is 1. The van der Waals surface area contributed by atoms with Gasteiger partial charge in [0.15, 0.2) is 5.82 Å². The molecular weight excluding hydrogens is 280 g/mol. The standard InChI is InChI=1S/C16H22N4O2/c21-16(13-5-2-6-17-13)20-7-8-22-14(10-20)15-18-9-11-3-1-4-12(11)19-15/h9,13-14,17H,1-8,10H2. The molecular formula is C16H22N4O2. The van der Waals surface area contributed by atoms with Crippen LogP contribution in [0.5, 0.6) is 0 Å². The van der Waals surface area contributed by atoms with Crippen LogP contribution >= 0.6 is 0 Å². The molecule has 22 heavy (non-hydrogen) atoms. The highest BCUT2D eigenvalue weighted by Gasteiger charge is 2.32. The van der Waals surface area contributed by atoms with Crippen molar-refractivity contribution in [2.45, 2.75) is 44.2 Å². The lowest BCUT2D eigenvalue weighted by molar-refractivity contribution is -0.141. The Balaban J connectivity index is 1.47. The first-order chi connectivity index (χ1) is 10.8. The van der Waals surface area contributed by atoms with Gasteiger partial charge in [0.2, 0.25) is 5.91 Å². The SMILES string of the molecule is O=C(C1CCCN1)N1CCOC(c2ncc3c(n2)CCC3)C1. The lowest BCUT2D eigenvalue weighted by Gasteiger charge is -2.33.